The molecule has 0 aromatic heterocycles. The van der Waals surface area contributed by atoms with E-state index in [0.29, 0.717) is 18.6 Å². The van der Waals surface area contributed by atoms with Gasteiger partial charge in [0, 0.05) is 12.8 Å². The molecule has 1 aliphatic heterocycles. The van der Waals surface area contributed by atoms with Crippen LogP contribution in [0.25, 0.3) is 0 Å². The maximum absolute atomic E-state index is 11.8. The van der Waals surface area contributed by atoms with Crippen molar-refractivity contribution < 1.29 is 14.3 Å². The summed E-state index contributed by atoms with van der Waals surface area (Å²) in [6.07, 6.45) is 6.15. The number of hydrogen-bond donors (Lipinski definition) is 0. The fourth-order valence-electron chi connectivity index (χ4n) is 2.80. The standard InChI is InChI=1S/C16H20O3/c17-16(8-4-7-12-5-2-1-3-6-12)18-13-9-10-14-15(11-13)19-14/h1-3,5-6,13-15H,4,7-11H2. The maximum atomic E-state index is 11.8. The molecule has 1 saturated heterocycles. The van der Waals surface area contributed by atoms with Crippen molar-refractivity contribution in [3.8, 4) is 0 Å². The van der Waals surface area contributed by atoms with Crippen molar-refractivity contribution in [2.75, 3.05) is 0 Å². The molecule has 1 saturated carbocycles. The van der Waals surface area contributed by atoms with Crippen LogP contribution in [0.2, 0.25) is 0 Å². The molecule has 1 aromatic carbocycles. The summed E-state index contributed by atoms with van der Waals surface area (Å²) >= 11 is 0. The number of rotatable bonds is 5. The highest BCUT2D eigenvalue weighted by Crippen LogP contribution is 2.37. The Morgan fingerprint density at radius 2 is 2.05 bits per heavy atom. The zero-order chi connectivity index (χ0) is 13.1. The maximum Gasteiger partial charge on any atom is 0.306 e. The van der Waals surface area contributed by atoms with E-state index in [1.807, 2.05) is 18.2 Å². The number of hydrogen-bond acceptors (Lipinski definition) is 3. The van der Waals surface area contributed by atoms with E-state index in [2.05, 4.69) is 12.1 Å². The molecule has 0 N–H and O–H groups in total. The highest BCUT2D eigenvalue weighted by Gasteiger charge is 2.44. The predicted molar refractivity (Wildman–Crippen MR) is 71.8 cm³/mol. The Balaban J connectivity index is 1.35. The highest BCUT2D eigenvalue weighted by atomic mass is 16.6. The van der Waals surface area contributed by atoms with Gasteiger partial charge in [0.15, 0.2) is 0 Å². The Kier molecular flexibility index (Phi) is 3.83. The van der Waals surface area contributed by atoms with E-state index in [4.69, 9.17) is 9.47 Å². The second kappa shape index (κ2) is 5.74. The van der Waals surface area contributed by atoms with Gasteiger partial charge in [-0.3, -0.25) is 4.79 Å². The van der Waals surface area contributed by atoms with E-state index in [1.54, 1.807) is 0 Å². The molecular formula is C16H20O3. The van der Waals surface area contributed by atoms with Gasteiger partial charge < -0.3 is 9.47 Å². The van der Waals surface area contributed by atoms with Crippen molar-refractivity contribution in [1.29, 1.82) is 0 Å². The lowest BCUT2D eigenvalue weighted by atomic mass is 9.98. The number of fused-ring (bicyclic) bond motifs is 1. The Bertz CT molecular complexity index is 429. The number of ether oxygens (including phenoxy) is 2. The molecule has 2 aliphatic rings. The normalized spacial score (nSPS) is 28.5. The van der Waals surface area contributed by atoms with E-state index in [0.717, 1.165) is 32.1 Å². The van der Waals surface area contributed by atoms with Crippen LogP contribution in [0.15, 0.2) is 30.3 Å². The second-order valence-electron chi connectivity index (χ2n) is 5.48. The lowest BCUT2D eigenvalue weighted by Crippen LogP contribution is -2.24. The van der Waals surface area contributed by atoms with E-state index < -0.39 is 0 Å². The third kappa shape index (κ3) is 3.57. The van der Waals surface area contributed by atoms with Gasteiger partial charge in [0.05, 0.1) is 12.2 Å². The van der Waals surface area contributed by atoms with Gasteiger partial charge >= 0.3 is 5.97 Å². The van der Waals surface area contributed by atoms with Gasteiger partial charge in [-0.1, -0.05) is 30.3 Å². The summed E-state index contributed by atoms with van der Waals surface area (Å²) in [5.74, 6) is -0.0555. The molecular weight excluding hydrogens is 240 g/mol. The van der Waals surface area contributed by atoms with E-state index in [9.17, 15) is 4.79 Å². The number of epoxide rings is 1. The van der Waals surface area contributed by atoms with Crippen LogP contribution in [-0.2, 0) is 20.7 Å². The van der Waals surface area contributed by atoms with Gasteiger partial charge in [0.1, 0.15) is 6.10 Å². The molecule has 0 spiro atoms. The van der Waals surface area contributed by atoms with Gasteiger partial charge in [-0.2, -0.15) is 0 Å². The molecule has 3 unspecified atom stereocenters. The predicted octanol–water partition coefficient (Wildman–Crippen LogP) is 2.87. The fourth-order valence-corrected chi connectivity index (χ4v) is 2.80. The Morgan fingerprint density at radius 3 is 2.84 bits per heavy atom. The Labute approximate surface area is 113 Å². The summed E-state index contributed by atoms with van der Waals surface area (Å²) in [6, 6.07) is 10.3. The molecule has 0 bridgehead atoms. The molecule has 3 heteroatoms. The van der Waals surface area contributed by atoms with Crippen LogP contribution in [0.1, 0.15) is 37.7 Å². The molecule has 2 fully saturated rings. The Morgan fingerprint density at radius 1 is 1.21 bits per heavy atom. The quantitative estimate of drug-likeness (QED) is 0.603. The van der Waals surface area contributed by atoms with Crippen LogP contribution < -0.4 is 0 Å². The Hall–Kier alpha value is -1.35. The summed E-state index contributed by atoms with van der Waals surface area (Å²) in [6.45, 7) is 0. The molecule has 1 aromatic rings. The van der Waals surface area contributed by atoms with Crippen LogP contribution in [0, 0.1) is 0 Å². The summed E-state index contributed by atoms with van der Waals surface area (Å²) < 4.78 is 10.9. The van der Waals surface area contributed by atoms with Gasteiger partial charge in [0.2, 0.25) is 0 Å². The van der Waals surface area contributed by atoms with Gasteiger partial charge in [-0.05, 0) is 31.2 Å². The zero-order valence-corrected chi connectivity index (χ0v) is 11.1. The number of carbonyl (C=O) groups excluding carboxylic acids is 1. The summed E-state index contributed by atoms with van der Waals surface area (Å²) in [4.78, 5) is 11.8. The first-order valence-electron chi connectivity index (χ1n) is 7.20. The molecule has 0 amide bonds. The first-order chi connectivity index (χ1) is 9.31. The van der Waals surface area contributed by atoms with Crippen LogP contribution in [0.4, 0.5) is 0 Å². The minimum absolute atomic E-state index is 0.0555. The minimum atomic E-state index is -0.0555. The largest absolute Gasteiger partial charge is 0.462 e. The van der Waals surface area contributed by atoms with Gasteiger partial charge in [0.25, 0.3) is 0 Å². The van der Waals surface area contributed by atoms with Gasteiger partial charge in [-0.15, -0.1) is 0 Å². The van der Waals surface area contributed by atoms with Crippen molar-refractivity contribution in [3.05, 3.63) is 35.9 Å². The molecule has 102 valence electrons. The topological polar surface area (TPSA) is 38.8 Å². The summed E-state index contributed by atoms with van der Waals surface area (Å²) in [5, 5.41) is 0. The van der Waals surface area contributed by atoms with Crippen molar-refractivity contribution in [1.82, 2.24) is 0 Å². The van der Waals surface area contributed by atoms with Crippen LogP contribution in [0.3, 0.4) is 0 Å². The lowest BCUT2D eigenvalue weighted by Gasteiger charge is -2.19. The summed E-state index contributed by atoms with van der Waals surface area (Å²) in [7, 11) is 0. The third-order valence-electron chi connectivity index (χ3n) is 3.94. The van der Waals surface area contributed by atoms with Crippen LogP contribution in [-0.4, -0.2) is 24.3 Å². The first-order valence-corrected chi connectivity index (χ1v) is 7.20. The van der Waals surface area contributed by atoms with Crippen molar-refractivity contribution >= 4 is 5.97 Å². The smallest absolute Gasteiger partial charge is 0.306 e. The minimum Gasteiger partial charge on any atom is -0.462 e. The molecule has 1 aliphatic carbocycles. The van der Waals surface area contributed by atoms with E-state index in [1.165, 1.54) is 5.56 Å². The molecule has 3 nitrogen and oxygen atoms in total. The molecule has 19 heavy (non-hydrogen) atoms. The van der Waals surface area contributed by atoms with Crippen molar-refractivity contribution in [2.45, 2.75) is 56.8 Å². The molecule has 1 heterocycles. The number of esters is 1. The number of aryl methyl sites for hydroxylation is 1. The third-order valence-corrected chi connectivity index (χ3v) is 3.94. The second-order valence-corrected chi connectivity index (χ2v) is 5.48. The van der Waals surface area contributed by atoms with Gasteiger partial charge in [-0.25, -0.2) is 0 Å². The first kappa shape index (κ1) is 12.7. The monoisotopic (exact) mass is 260 g/mol. The van der Waals surface area contributed by atoms with E-state index in [-0.39, 0.29) is 12.1 Å². The number of carbonyl (C=O) groups is 1. The highest BCUT2D eigenvalue weighted by molar-refractivity contribution is 5.69. The molecule has 3 atom stereocenters. The van der Waals surface area contributed by atoms with Crippen molar-refractivity contribution in [2.24, 2.45) is 0 Å². The van der Waals surface area contributed by atoms with Crippen LogP contribution >= 0.6 is 0 Å². The average Bonchev–Trinajstić information content (AvgIpc) is 3.18. The fraction of sp³-hybridized carbons (Fsp3) is 0.562. The number of benzene rings is 1. The van der Waals surface area contributed by atoms with E-state index >= 15 is 0 Å². The summed E-state index contributed by atoms with van der Waals surface area (Å²) in [5.41, 5.74) is 1.28. The average molecular weight is 260 g/mol. The zero-order valence-electron chi connectivity index (χ0n) is 11.1. The molecule has 3 rings (SSSR count). The molecule has 0 radical (unpaired) electrons. The lowest BCUT2D eigenvalue weighted by molar-refractivity contribution is -0.150. The SMILES string of the molecule is O=C(CCCc1ccccc1)OC1CCC2OC2C1. The van der Waals surface area contributed by atoms with Crippen LogP contribution in [0.5, 0.6) is 0 Å². The van der Waals surface area contributed by atoms with Crippen molar-refractivity contribution in [3.63, 3.8) is 0 Å².